The van der Waals surface area contributed by atoms with E-state index in [1.54, 1.807) is 12.3 Å². The molecule has 5 nitrogen and oxygen atoms in total. The molecule has 0 aromatic carbocycles. The number of nitrogens with one attached hydrogen (secondary N) is 1. The van der Waals surface area contributed by atoms with Crippen LogP contribution in [0.25, 0.3) is 5.82 Å². The number of hydrogen-bond donors (Lipinski definition) is 1. The molecule has 0 fully saturated rings. The van der Waals surface area contributed by atoms with Gasteiger partial charge < -0.3 is 0 Å². The minimum absolute atomic E-state index is 0.102. The Kier molecular flexibility index (Phi) is 3.18. The first-order chi connectivity index (χ1) is 7.58. The highest BCUT2D eigenvalue weighted by molar-refractivity contribution is 6.43. The number of hydrogen-bond acceptors (Lipinski definition) is 3. The first kappa shape index (κ1) is 11.4. The number of alkyl halides is 2. The lowest BCUT2D eigenvalue weighted by molar-refractivity contribution is 0.791. The fraction of sp³-hybridized carbons (Fsp3) is 0.125. The van der Waals surface area contributed by atoms with Crippen LogP contribution in [0.5, 0.6) is 0 Å². The van der Waals surface area contributed by atoms with E-state index in [4.69, 9.17) is 34.8 Å². The van der Waals surface area contributed by atoms with Crippen LogP contribution in [-0.2, 0) is 0 Å². The van der Waals surface area contributed by atoms with Gasteiger partial charge in [-0.25, -0.2) is 4.68 Å². The van der Waals surface area contributed by atoms with Crippen molar-refractivity contribution in [2.24, 2.45) is 0 Å². The SMILES string of the molecule is O=c1cc(Cl)[nH]nc1-n1ccc(C(Cl)Cl)n1. The predicted octanol–water partition coefficient (Wildman–Crippen LogP) is 2.09. The van der Waals surface area contributed by atoms with Crippen LogP contribution in [0.3, 0.4) is 0 Å². The summed E-state index contributed by atoms with van der Waals surface area (Å²) in [5.74, 6) is 0.102. The summed E-state index contributed by atoms with van der Waals surface area (Å²) < 4.78 is 1.28. The van der Waals surface area contributed by atoms with Crippen molar-refractivity contribution < 1.29 is 0 Å². The van der Waals surface area contributed by atoms with Crippen LogP contribution in [0.15, 0.2) is 23.1 Å². The van der Waals surface area contributed by atoms with Gasteiger partial charge in [0.1, 0.15) is 5.15 Å². The van der Waals surface area contributed by atoms with Crippen LogP contribution < -0.4 is 5.43 Å². The molecule has 0 aliphatic carbocycles. The number of H-pyrrole nitrogens is 1. The first-order valence-electron chi connectivity index (χ1n) is 4.17. The van der Waals surface area contributed by atoms with Crippen molar-refractivity contribution in [1.82, 2.24) is 20.0 Å². The maximum absolute atomic E-state index is 11.5. The monoisotopic (exact) mass is 278 g/mol. The van der Waals surface area contributed by atoms with Gasteiger partial charge in [0.05, 0.1) is 5.69 Å². The van der Waals surface area contributed by atoms with Gasteiger partial charge in [0, 0.05) is 12.3 Å². The Morgan fingerprint density at radius 2 is 2.19 bits per heavy atom. The third-order valence-electron chi connectivity index (χ3n) is 1.80. The summed E-state index contributed by atoms with van der Waals surface area (Å²) in [5.41, 5.74) is 0.0959. The van der Waals surface area contributed by atoms with Gasteiger partial charge in [0.25, 0.3) is 0 Å². The lowest BCUT2D eigenvalue weighted by Gasteiger charge is -1.99. The van der Waals surface area contributed by atoms with E-state index in [0.717, 1.165) is 0 Å². The van der Waals surface area contributed by atoms with E-state index in [-0.39, 0.29) is 16.4 Å². The van der Waals surface area contributed by atoms with Gasteiger partial charge in [-0.15, -0.1) is 0 Å². The van der Waals surface area contributed by atoms with E-state index >= 15 is 0 Å². The molecule has 0 aliphatic rings. The summed E-state index contributed by atoms with van der Waals surface area (Å²) in [6.45, 7) is 0. The van der Waals surface area contributed by atoms with Crippen molar-refractivity contribution in [3.05, 3.63) is 39.4 Å². The number of rotatable bonds is 2. The molecule has 84 valence electrons. The standard InChI is InChI=1S/C8H5Cl3N4O/c9-6-3-5(16)8(13-12-6)15-2-1-4(14-15)7(10)11/h1-3,7H,(H,12,16). The predicted molar refractivity (Wildman–Crippen MR) is 61.4 cm³/mol. The van der Waals surface area contributed by atoms with Crippen molar-refractivity contribution in [2.75, 3.05) is 0 Å². The fourth-order valence-electron chi connectivity index (χ4n) is 1.11. The largest absolute Gasteiger partial charge is 0.286 e. The molecular weight excluding hydrogens is 274 g/mol. The molecule has 8 heteroatoms. The van der Waals surface area contributed by atoms with E-state index in [9.17, 15) is 4.79 Å². The van der Waals surface area contributed by atoms with Crippen molar-refractivity contribution in [2.45, 2.75) is 4.84 Å². The Morgan fingerprint density at radius 1 is 1.44 bits per heavy atom. The lowest BCUT2D eigenvalue weighted by atomic mass is 10.5. The minimum Gasteiger partial charge on any atom is -0.286 e. The van der Waals surface area contributed by atoms with Gasteiger partial charge in [-0.1, -0.05) is 34.8 Å². The van der Waals surface area contributed by atoms with E-state index in [0.29, 0.717) is 5.69 Å². The van der Waals surface area contributed by atoms with Gasteiger partial charge >= 0.3 is 0 Å². The van der Waals surface area contributed by atoms with Crippen molar-refractivity contribution in [3.63, 3.8) is 0 Å². The molecule has 2 aromatic heterocycles. The first-order valence-corrected chi connectivity index (χ1v) is 5.42. The highest BCUT2D eigenvalue weighted by atomic mass is 35.5. The summed E-state index contributed by atoms with van der Waals surface area (Å²) in [7, 11) is 0. The quantitative estimate of drug-likeness (QED) is 0.856. The summed E-state index contributed by atoms with van der Waals surface area (Å²) in [6.07, 6.45) is 1.54. The number of aromatic amines is 1. The van der Waals surface area contributed by atoms with Gasteiger partial charge in [-0.3, -0.25) is 9.89 Å². The van der Waals surface area contributed by atoms with E-state index in [2.05, 4.69) is 15.3 Å². The average molecular weight is 280 g/mol. The van der Waals surface area contributed by atoms with Crippen LogP contribution in [0.1, 0.15) is 10.5 Å². The molecule has 0 saturated carbocycles. The van der Waals surface area contributed by atoms with E-state index in [1.165, 1.54) is 10.7 Å². The molecule has 2 heterocycles. The summed E-state index contributed by atoms with van der Waals surface area (Å²) >= 11 is 16.8. The third kappa shape index (κ3) is 2.21. The van der Waals surface area contributed by atoms with Crippen LogP contribution in [0.2, 0.25) is 5.15 Å². The number of aromatic nitrogens is 4. The summed E-state index contributed by atoms with van der Waals surface area (Å²) in [5, 5.41) is 10.4. The van der Waals surface area contributed by atoms with Gasteiger partial charge in [0.15, 0.2) is 4.84 Å². The second kappa shape index (κ2) is 4.45. The molecule has 2 rings (SSSR count). The lowest BCUT2D eigenvalue weighted by Crippen LogP contribution is -2.14. The second-order valence-corrected chi connectivity index (χ2v) is 4.39. The molecule has 16 heavy (non-hydrogen) atoms. The molecule has 0 bridgehead atoms. The molecule has 1 N–H and O–H groups in total. The Morgan fingerprint density at radius 3 is 2.75 bits per heavy atom. The van der Waals surface area contributed by atoms with Crippen molar-refractivity contribution in [3.8, 4) is 5.82 Å². The maximum Gasteiger partial charge on any atom is 0.227 e. The summed E-state index contributed by atoms with van der Waals surface area (Å²) in [4.78, 5) is 10.8. The average Bonchev–Trinajstić information content (AvgIpc) is 2.66. The topological polar surface area (TPSA) is 63.6 Å². The number of nitrogens with zero attached hydrogens (tertiary/aromatic N) is 3. The minimum atomic E-state index is -0.743. The highest BCUT2D eigenvalue weighted by Crippen LogP contribution is 2.22. The molecule has 0 unspecified atom stereocenters. The zero-order valence-corrected chi connectivity index (χ0v) is 9.96. The Labute approximate surface area is 105 Å². The van der Waals surface area contributed by atoms with Crippen molar-refractivity contribution >= 4 is 34.8 Å². The molecular formula is C8H5Cl3N4O. The number of halogens is 3. The maximum atomic E-state index is 11.5. The molecule has 2 aromatic rings. The van der Waals surface area contributed by atoms with Gasteiger partial charge in [0.2, 0.25) is 11.2 Å². The molecule has 0 amide bonds. The fourth-order valence-corrected chi connectivity index (χ4v) is 1.48. The third-order valence-corrected chi connectivity index (χ3v) is 2.44. The zero-order chi connectivity index (χ0) is 11.7. The van der Waals surface area contributed by atoms with E-state index in [1.807, 2.05) is 0 Å². The van der Waals surface area contributed by atoms with Crippen LogP contribution >= 0.6 is 34.8 Å². The molecule has 0 saturated heterocycles. The highest BCUT2D eigenvalue weighted by Gasteiger charge is 2.11. The molecule has 0 aliphatic heterocycles. The smallest absolute Gasteiger partial charge is 0.227 e. The van der Waals surface area contributed by atoms with Crippen molar-refractivity contribution in [1.29, 1.82) is 0 Å². The van der Waals surface area contributed by atoms with Gasteiger partial charge in [-0.2, -0.15) is 10.2 Å². The molecule has 0 radical (unpaired) electrons. The zero-order valence-electron chi connectivity index (χ0n) is 7.69. The summed E-state index contributed by atoms with van der Waals surface area (Å²) in [6, 6.07) is 2.81. The Balaban J connectivity index is 2.47. The second-order valence-electron chi connectivity index (χ2n) is 2.89. The van der Waals surface area contributed by atoms with Crippen LogP contribution in [-0.4, -0.2) is 20.0 Å². The van der Waals surface area contributed by atoms with E-state index < -0.39 is 4.84 Å². The van der Waals surface area contributed by atoms with Gasteiger partial charge in [-0.05, 0) is 6.07 Å². The Hall–Kier alpha value is -1.04. The van der Waals surface area contributed by atoms with Crippen LogP contribution in [0, 0.1) is 0 Å². The van der Waals surface area contributed by atoms with Crippen LogP contribution in [0.4, 0.5) is 0 Å². The Bertz CT molecular complexity index is 562. The normalized spacial score (nSPS) is 11.0. The molecule has 0 atom stereocenters. The molecule has 0 spiro atoms.